The summed E-state index contributed by atoms with van der Waals surface area (Å²) in [6, 6.07) is 46.4. The van der Waals surface area contributed by atoms with Gasteiger partial charge in [0.25, 0.3) is 47.8 Å². The zero-order chi connectivity index (χ0) is 58.3. The number of amides is 3. The second kappa shape index (κ2) is 27.6. The molecule has 0 atom stereocenters. The van der Waals surface area contributed by atoms with Crippen molar-refractivity contribution in [2.24, 2.45) is 0 Å². The van der Waals surface area contributed by atoms with Gasteiger partial charge in [-0.2, -0.15) is 0 Å². The van der Waals surface area contributed by atoms with E-state index in [2.05, 4.69) is 45.1 Å². The molecule has 6 N–H and O–H groups in total. The summed E-state index contributed by atoms with van der Waals surface area (Å²) in [4.78, 5) is 47.8. The van der Waals surface area contributed by atoms with Gasteiger partial charge in [-0.25, -0.2) is 25.3 Å². The molecule has 3 heterocycles. The van der Waals surface area contributed by atoms with E-state index in [0.29, 0.717) is 17.1 Å². The van der Waals surface area contributed by atoms with Gasteiger partial charge in [0.15, 0.2) is 0 Å². The van der Waals surface area contributed by atoms with Gasteiger partial charge in [0, 0.05) is 35.7 Å². The minimum atomic E-state index is -3.96. The van der Waals surface area contributed by atoms with Gasteiger partial charge >= 0.3 is 0 Å². The molecule has 0 aliphatic carbocycles. The summed E-state index contributed by atoms with van der Waals surface area (Å²) in [6.45, 7) is 0. The number of hydrogen-bond acceptors (Lipinski definition) is 12. The predicted octanol–water partition coefficient (Wildman–Crippen LogP) is 13.3. The summed E-state index contributed by atoms with van der Waals surface area (Å²) in [7, 11) is -11.9. The fourth-order valence-electron chi connectivity index (χ4n) is 6.70. The van der Waals surface area contributed by atoms with Gasteiger partial charge in [-0.05, 0) is 127 Å². The molecule has 18 nitrogen and oxygen atoms in total. The van der Waals surface area contributed by atoms with Gasteiger partial charge in [0.2, 0.25) is 0 Å². The normalized spacial score (nSPS) is 11.0. The van der Waals surface area contributed by atoms with Crippen LogP contribution in [0.25, 0.3) is 0 Å². The van der Waals surface area contributed by atoms with E-state index in [1.807, 2.05) is 0 Å². The number of para-hydroxylation sites is 3. The van der Waals surface area contributed by atoms with E-state index >= 15 is 0 Å². The highest BCUT2D eigenvalue weighted by Gasteiger charge is 2.23. The van der Waals surface area contributed by atoms with E-state index < -0.39 is 47.8 Å². The number of carbonyl (C=O) groups excluding carboxylic acids is 3. The molecule has 0 fully saturated rings. The first-order chi connectivity index (χ1) is 38.6. The average molecular weight is 1270 g/mol. The second-order valence-corrected chi connectivity index (χ2v) is 23.6. The van der Waals surface area contributed by atoms with E-state index in [1.54, 1.807) is 109 Å². The molecule has 9 rings (SSSR count). The van der Waals surface area contributed by atoms with E-state index in [4.69, 9.17) is 69.6 Å². The van der Waals surface area contributed by atoms with Crippen molar-refractivity contribution >= 4 is 152 Å². The first-order valence-corrected chi connectivity index (χ1v) is 29.7. The van der Waals surface area contributed by atoms with Crippen molar-refractivity contribution in [1.29, 1.82) is 0 Å². The Kier molecular flexibility index (Phi) is 20.7. The maximum Gasteiger partial charge on any atom is 0.274 e. The van der Waals surface area contributed by atoms with Crippen LogP contribution in [0.3, 0.4) is 0 Å². The molecule has 27 heteroatoms. The molecular formula is C54H39Cl6N9O9S3. The molecule has 0 spiro atoms. The van der Waals surface area contributed by atoms with Gasteiger partial charge in [-0.15, -0.1) is 0 Å². The summed E-state index contributed by atoms with van der Waals surface area (Å²) in [5.74, 6) is -1.30. The van der Waals surface area contributed by atoms with Crippen molar-refractivity contribution in [3.8, 4) is 0 Å². The maximum absolute atomic E-state index is 12.6. The minimum Gasteiger partial charge on any atom is -0.321 e. The number of sulfonamides is 3. The van der Waals surface area contributed by atoms with Crippen LogP contribution < -0.4 is 30.1 Å². The van der Waals surface area contributed by atoms with Crippen LogP contribution in [0.4, 0.5) is 34.1 Å². The lowest BCUT2D eigenvalue weighted by atomic mass is 10.3. The Bertz CT molecular complexity index is 3690. The number of rotatable bonds is 15. The maximum atomic E-state index is 12.6. The Morgan fingerprint density at radius 1 is 0.309 bits per heavy atom. The van der Waals surface area contributed by atoms with E-state index in [9.17, 15) is 39.6 Å². The predicted molar refractivity (Wildman–Crippen MR) is 318 cm³/mol. The zero-order valence-corrected chi connectivity index (χ0v) is 48.0. The summed E-state index contributed by atoms with van der Waals surface area (Å²) in [6.07, 6.45) is 4.49. The SMILES string of the molecule is O=C(Nc1ccc(S(=O)(=O)Nc2ccccc2Cl)c(Cl)c1)c1ccccn1.O=C(Nc1ccc(S(=O)(=O)Nc2ccccc2Cl)c(Cl)c1)c1ccccn1.O=C(Nc1ccc(S(=O)(=O)Nc2ccccc2Cl)c(Cl)c1)c1ccccn1. The van der Waals surface area contributed by atoms with Crippen molar-refractivity contribution < 1.29 is 39.6 Å². The highest BCUT2D eigenvalue weighted by Crippen LogP contribution is 2.33. The Morgan fingerprint density at radius 3 is 0.778 bits per heavy atom. The van der Waals surface area contributed by atoms with Gasteiger partial charge < -0.3 is 16.0 Å². The number of hydrogen-bond donors (Lipinski definition) is 6. The Hall–Kier alpha value is -7.83. The molecule has 3 aromatic heterocycles. The Labute approximate surface area is 495 Å². The number of anilines is 6. The van der Waals surface area contributed by atoms with Crippen LogP contribution in [0.2, 0.25) is 30.1 Å². The molecule has 0 saturated carbocycles. The van der Waals surface area contributed by atoms with Crippen LogP contribution >= 0.6 is 69.6 Å². The summed E-state index contributed by atoms with van der Waals surface area (Å²) in [5.41, 5.74) is 2.42. The fraction of sp³-hybridized carbons (Fsp3) is 0. The van der Waals surface area contributed by atoms with Crippen molar-refractivity contribution in [1.82, 2.24) is 15.0 Å². The fourth-order valence-corrected chi connectivity index (χ4v) is 12.3. The molecule has 3 amide bonds. The molecule has 0 saturated heterocycles. The summed E-state index contributed by atoms with van der Waals surface area (Å²) >= 11 is 36.3. The first kappa shape index (κ1) is 60.8. The quantitative estimate of drug-likeness (QED) is 0.0560. The van der Waals surface area contributed by atoms with Gasteiger partial charge in [0.1, 0.15) is 31.8 Å². The molecular weight excluding hydrogens is 1230 g/mol. The molecule has 0 radical (unpaired) electrons. The lowest BCUT2D eigenvalue weighted by Crippen LogP contribution is -2.15. The van der Waals surface area contributed by atoms with Crippen LogP contribution in [0, 0.1) is 0 Å². The van der Waals surface area contributed by atoms with Crippen LogP contribution in [-0.2, 0) is 30.1 Å². The molecule has 0 unspecified atom stereocenters. The van der Waals surface area contributed by atoms with Crippen molar-refractivity contribution in [2.45, 2.75) is 14.7 Å². The zero-order valence-electron chi connectivity index (χ0n) is 41.1. The van der Waals surface area contributed by atoms with Gasteiger partial charge in [-0.3, -0.25) is 43.5 Å². The third kappa shape index (κ3) is 16.9. The molecule has 9 aromatic rings. The standard InChI is InChI=1S/3C18H13Cl2N3O3S/c3*19-13-5-1-2-6-15(13)23-27(25,26)17-9-8-12(11-14(17)20)22-18(24)16-7-3-4-10-21-16/h3*1-11,23H,(H,22,24). The third-order valence-corrected chi connectivity index (χ3v) is 17.0. The largest absolute Gasteiger partial charge is 0.321 e. The van der Waals surface area contributed by atoms with Crippen LogP contribution in [0.15, 0.2) is 215 Å². The lowest BCUT2D eigenvalue weighted by molar-refractivity contribution is 0.101. The van der Waals surface area contributed by atoms with Crippen LogP contribution in [-0.4, -0.2) is 57.9 Å². The number of carbonyl (C=O) groups is 3. The molecule has 6 aromatic carbocycles. The van der Waals surface area contributed by atoms with Gasteiger partial charge in [0.05, 0.1) is 47.2 Å². The van der Waals surface area contributed by atoms with E-state index in [0.717, 1.165) is 0 Å². The summed E-state index contributed by atoms with van der Waals surface area (Å²) < 4.78 is 82.6. The van der Waals surface area contributed by atoms with Crippen molar-refractivity contribution in [3.05, 3.63) is 248 Å². The second-order valence-electron chi connectivity index (χ2n) is 16.2. The molecule has 0 aliphatic rings. The first-order valence-electron chi connectivity index (χ1n) is 23.0. The van der Waals surface area contributed by atoms with E-state index in [-0.39, 0.29) is 79.0 Å². The number of aromatic nitrogens is 3. The number of nitrogens with zero attached hydrogens (tertiary/aromatic N) is 3. The number of nitrogens with one attached hydrogen (secondary N) is 6. The average Bonchev–Trinajstić information content (AvgIpc) is 3.62. The van der Waals surface area contributed by atoms with Crippen molar-refractivity contribution in [3.63, 3.8) is 0 Å². The number of halogens is 6. The smallest absolute Gasteiger partial charge is 0.274 e. The summed E-state index contributed by atoms with van der Waals surface area (Å²) in [5, 5.41) is 8.48. The monoisotopic (exact) mass is 1260 g/mol. The van der Waals surface area contributed by atoms with Crippen LogP contribution in [0.5, 0.6) is 0 Å². The van der Waals surface area contributed by atoms with Crippen LogP contribution in [0.1, 0.15) is 31.5 Å². The number of benzene rings is 6. The van der Waals surface area contributed by atoms with Crippen molar-refractivity contribution in [2.75, 3.05) is 30.1 Å². The highest BCUT2D eigenvalue weighted by molar-refractivity contribution is 7.93. The molecule has 414 valence electrons. The van der Waals surface area contributed by atoms with Gasteiger partial charge in [-0.1, -0.05) is 124 Å². The molecule has 81 heavy (non-hydrogen) atoms. The third-order valence-electron chi connectivity index (χ3n) is 10.5. The Morgan fingerprint density at radius 2 is 0.556 bits per heavy atom. The number of pyridine rings is 3. The lowest BCUT2D eigenvalue weighted by Gasteiger charge is -2.12. The highest BCUT2D eigenvalue weighted by atomic mass is 35.5. The Balaban J connectivity index is 0.000000175. The molecule has 0 aliphatic heterocycles. The molecule has 0 bridgehead atoms. The minimum absolute atomic E-state index is 0.0478. The van der Waals surface area contributed by atoms with E-state index in [1.165, 1.54) is 91.4 Å². The topological polar surface area (TPSA) is 264 Å².